The second kappa shape index (κ2) is 7.72. The van der Waals surface area contributed by atoms with Crippen LogP contribution in [0.1, 0.15) is 43.7 Å². The number of carbonyl (C=O) groups is 1. The Hall–Kier alpha value is -2.73. The van der Waals surface area contributed by atoms with Crippen molar-refractivity contribution in [2.24, 2.45) is 11.8 Å². The van der Waals surface area contributed by atoms with Gasteiger partial charge in [0, 0.05) is 28.9 Å². The number of aromatic nitrogens is 3. The summed E-state index contributed by atoms with van der Waals surface area (Å²) in [7, 11) is 0. The van der Waals surface area contributed by atoms with Gasteiger partial charge in [-0.3, -0.25) is 9.78 Å². The maximum Gasteiger partial charge on any atom is 0.249 e. The standard InChI is InChI=1S/C21H21ClN4O2/c1-12(2)18(21-25-19(26-28-21)14-6-4-8-23-11-14)24-20(27)17-10-16(17)13-5-3-7-15(22)9-13/h3-9,11-12,16-18H,10H2,1-2H3,(H,24,27). The lowest BCUT2D eigenvalue weighted by molar-refractivity contribution is -0.123. The Morgan fingerprint density at radius 1 is 1.29 bits per heavy atom. The van der Waals surface area contributed by atoms with Crippen LogP contribution < -0.4 is 5.32 Å². The van der Waals surface area contributed by atoms with Crippen LogP contribution in [-0.4, -0.2) is 21.0 Å². The van der Waals surface area contributed by atoms with Crippen LogP contribution in [0, 0.1) is 11.8 Å². The molecule has 1 saturated carbocycles. The van der Waals surface area contributed by atoms with Crippen LogP contribution in [0.4, 0.5) is 0 Å². The van der Waals surface area contributed by atoms with E-state index in [1.54, 1.807) is 12.4 Å². The molecular formula is C21H21ClN4O2. The molecule has 3 aromatic rings. The SMILES string of the molecule is CC(C)C(NC(=O)C1CC1c1cccc(Cl)c1)c1nc(-c2cccnc2)no1. The molecule has 1 aliphatic carbocycles. The first-order chi connectivity index (χ1) is 13.5. The maximum absolute atomic E-state index is 12.8. The molecule has 0 bridgehead atoms. The molecule has 144 valence electrons. The van der Waals surface area contributed by atoms with Crippen molar-refractivity contribution in [3.63, 3.8) is 0 Å². The van der Waals surface area contributed by atoms with Crippen LogP contribution in [0.5, 0.6) is 0 Å². The van der Waals surface area contributed by atoms with Gasteiger partial charge in [0.25, 0.3) is 0 Å². The molecule has 7 heteroatoms. The highest BCUT2D eigenvalue weighted by Gasteiger charge is 2.45. The van der Waals surface area contributed by atoms with E-state index in [9.17, 15) is 4.79 Å². The van der Waals surface area contributed by atoms with E-state index in [1.165, 1.54) is 0 Å². The second-order valence-corrected chi connectivity index (χ2v) is 7.87. The first kappa shape index (κ1) is 18.6. The summed E-state index contributed by atoms with van der Waals surface area (Å²) in [5, 5.41) is 7.82. The number of hydrogen-bond acceptors (Lipinski definition) is 5. The fourth-order valence-corrected chi connectivity index (χ4v) is 3.54. The minimum Gasteiger partial charge on any atom is -0.344 e. The molecule has 4 rings (SSSR count). The summed E-state index contributed by atoms with van der Waals surface area (Å²) >= 11 is 6.07. The zero-order valence-corrected chi connectivity index (χ0v) is 16.4. The predicted molar refractivity (Wildman–Crippen MR) is 106 cm³/mol. The van der Waals surface area contributed by atoms with Gasteiger partial charge in [0.05, 0.1) is 0 Å². The van der Waals surface area contributed by atoms with Crippen molar-refractivity contribution in [3.8, 4) is 11.4 Å². The summed E-state index contributed by atoms with van der Waals surface area (Å²) < 4.78 is 5.45. The van der Waals surface area contributed by atoms with Gasteiger partial charge < -0.3 is 9.84 Å². The van der Waals surface area contributed by atoms with Crippen molar-refractivity contribution in [2.45, 2.75) is 32.2 Å². The van der Waals surface area contributed by atoms with Crippen LogP contribution in [-0.2, 0) is 4.79 Å². The van der Waals surface area contributed by atoms with Gasteiger partial charge in [-0.05, 0) is 48.1 Å². The molecule has 6 nitrogen and oxygen atoms in total. The molecule has 28 heavy (non-hydrogen) atoms. The summed E-state index contributed by atoms with van der Waals surface area (Å²) in [6, 6.07) is 11.0. The van der Waals surface area contributed by atoms with Crippen LogP contribution in [0.15, 0.2) is 53.3 Å². The first-order valence-electron chi connectivity index (χ1n) is 9.32. The molecule has 3 atom stereocenters. The van der Waals surface area contributed by atoms with Crippen molar-refractivity contribution in [2.75, 3.05) is 0 Å². The fraction of sp³-hybridized carbons (Fsp3) is 0.333. The van der Waals surface area contributed by atoms with Crippen molar-refractivity contribution in [1.82, 2.24) is 20.4 Å². The quantitative estimate of drug-likeness (QED) is 0.667. The smallest absolute Gasteiger partial charge is 0.249 e. The summed E-state index contributed by atoms with van der Waals surface area (Å²) in [4.78, 5) is 21.3. The van der Waals surface area contributed by atoms with Crippen LogP contribution in [0.2, 0.25) is 5.02 Å². The average molecular weight is 397 g/mol. The lowest BCUT2D eigenvalue weighted by atomic mass is 10.0. The lowest BCUT2D eigenvalue weighted by Gasteiger charge is -2.18. The number of rotatable bonds is 6. The van der Waals surface area contributed by atoms with E-state index >= 15 is 0 Å². The average Bonchev–Trinajstić information content (AvgIpc) is 3.36. The van der Waals surface area contributed by atoms with Gasteiger partial charge in [-0.2, -0.15) is 4.98 Å². The third-order valence-electron chi connectivity index (χ3n) is 5.00. The molecule has 0 aliphatic heterocycles. The number of hydrogen-bond donors (Lipinski definition) is 1. The van der Waals surface area contributed by atoms with Gasteiger partial charge in [0.15, 0.2) is 0 Å². The summed E-state index contributed by atoms with van der Waals surface area (Å²) in [6.07, 6.45) is 4.19. The summed E-state index contributed by atoms with van der Waals surface area (Å²) in [5.74, 6) is 1.13. The summed E-state index contributed by atoms with van der Waals surface area (Å²) in [5.41, 5.74) is 1.87. The first-order valence-corrected chi connectivity index (χ1v) is 9.70. The van der Waals surface area contributed by atoms with Crippen LogP contribution >= 0.6 is 11.6 Å². The molecule has 1 N–H and O–H groups in total. The second-order valence-electron chi connectivity index (χ2n) is 7.43. The van der Waals surface area contributed by atoms with Crippen molar-refractivity contribution < 1.29 is 9.32 Å². The number of halogens is 1. The molecule has 1 aliphatic rings. The molecule has 0 saturated heterocycles. The molecule has 0 spiro atoms. The van der Waals surface area contributed by atoms with Crippen molar-refractivity contribution >= 4 is 17.5 Å². The zero-order chi connectivity index (χ0) is 19.7. The molecule has 2 heterocycles. The zero-order valence-electron chi connectivity index (χ0n) is 15.7. The van der Waals surface area contributed by atoms with Gasteiger partial charge >= 0.3 is 0 Å². The molecule has 0 radical (unpaired) electrons. The van der Waals surface area contributed by atoms with Crippen LogP contribution in [0.3, 0.4) is 0 Å². The maximum atomic E-state index is 12.8. The number of pyridine rings is 1. The molecule has 3 unspecified atom stereocenters. The Morgan fingerprint density at radius 2 is 2.14 bits per heavy atom. The van der Waals surface area contributed by atoms with Gasteiger partial charge in [0.1, 0.15) is 6.04 Å². The molecule has 1 aromatic carbocycles. The normalized spacial score (nSPS) is 19.4. The van der Waals surface area contributed by atoms with E-state index < -0.39 is 0 Å². The Morgan fingerprint density at radius 3 is 2.86 bits per heavy atom. The predicted octanol–water partition coefficient (Wildman–Crippen LogP) is 4.40. The van der Waals surface area contributed by atoms with Crippen LogP contribution in [0.25, 0.3) is 11.4 Å². The monoisotopic (exact) mass is 396 g/mol. The molecule has 1 fully saturated rings. The Labute approximate surface area is 168 Å². The molecular weight excluding hydrogens is 376 g/mol. The minimum absolute atomic E-state index is 0.00445. The van der Waals surface area contributed by atoms with Gasteiger partial charge in [-0.1, -0.05) is 42.7 Å². The van der Waals surface area contributed by atoms with Crippen molar-refractivity contribution in [1.29, 1.82) is 0 Å². The Bertz CT molecular complexity index is 973. The van der Waals surface area contributed by atoms with E-state index in [0.717, 1.165) is 17.5 Å². The Balaban J connectivity index is 1.46. The van der Waals surface area contributed by atoms with Gasteiger partial charge in [0.2, 0.25) is 17.6 Å². The molecule has 1 amide bonds. The van der Waals surface area contributed by atoms with Crippen molar-refractivity contribution in [3.05, 3.63) is 65.3 Å². The van der Waals surface area contributed by atoms with E-state index in [2.05, 4.69) is 20.4 Å². The van der Waals surface area contributed by atoms with E-state index in [4.69, 9.17) is 16.1 Å². The number of carbonyl (C=O) groups excluding carboxylic acids is 1. The number of benzene rings is 1. The highest BCUT2D eigenvalue weighted by molar-refractivity contribution is 6.30. The number of amides is 1. The largest absolute Gasteiger partial charge is 0.344 e. The number of nitrogens with one attached hydrogen (secondary N) is 1. The van der Waals surface area contributed by atoms with E-state index in [1.807, 2.05) is 50.2 Å². The summed E-state index contributed by atoms with van der Waals surface area (Å²) in [6.45, 7) is 4.03. The fourth-order valence-electron chi connectivity index (χ4n) is 3.34. The van der Waals surface area contributed by atoms with E-state index in [0.29, 0.717) is 16.7 Å². The van der Waals surface area contributed by atoms with Gasteiger partial charge in [-0.25, -0.2) is 0 Å². The minimum atomic E-state index is -0.342. The molecule has 2 aromatic heterocycles. The highest BCUT2D eigenvalue weighted by atomic mass is 35.5. The van der Waals surface area contributed by atoms with E-state index in [-0.39, 0.29) is 29.7 Å². The third-order valence-corrected chi connectivity index (χ3v) is 5.23. The highest BCUT2D eigenvalue weighted by Crippen LogP contribution is 2.48. The topological polar surface area (TPSA) is 80.9 Å². The Kier molecular flexibility index (Phi) is 5.13. The third kappa shape index (κ3) is 3.92. The van der Waals surface area contributed by atoms with Gasteiger partial charge in [-0.15, -0.1) is 0 Å². The number of nitrogens with zero attached hydrogens (tertiary/aromatic N) is 3. The lowest BCUT2D eigenvalue weighted by Crippen LogP contribution is -2.33.